The molecule has 25 heavy (non-hydrogen) atoms. The molecule has 0 saturated heterocycles. The molecule has 2 nitrogen and oxygen atoms in total. The average molecular weight is 359 g/mol. The largest absolute Gasteiger partial charge is 0.236 e. The summed E-state index contributed by atoms with van der Waals surface area (Å²) >= 11 is 5.73. The van der Waals surface area contributed by atoms with Crippen molar-refractivity contribution in [1.29, 1.82) is 0 Å². The summed E-state index contributed by atoms with van der Waals surface area (Å²) < 4.78 is 13.6. The lowest BCUT2D eigenvalue weighted by Gasteiger charge is -2.26. The molecule has 0 N–H and O–H groups in total. The predicted molar refractivity (Wildman–Crippen MR) is 101 cm³/mol. The molecule has 0 atom stereocenters. The first-order valence-electron chi connectivity index (χ1n) is 9.11. The number of hydrogen-bond donors (Lipinski definition) is 0. The fourth-order valence-corrected chi connectivity index (χ4v) is 3.55. The second kappa shape index (κ2) is 8.57. The summed E-state index contributed by atoms with van der Waals surface area (Å²) in [6, 6.07) is 4.66. The van der Waals surface area contributed by atoms with Gasteiger partial charge in [-0.3, -0.25) is 0 Å². The van der Waals surface area contributed by atoms with E-state index >= 15 is 0 Å². The molecule has 2 aromatic rings. The number of halogens is 2. The zero-order valence-electron chi connectivity index (χ0n) is 14.6. The summed E-state index contributed by atoms with van der Waals surface area (Å²) in [6.45, 7) is 2.21. The van der Waals surface area contributed by atoms with Crippen molar-refractivity contribution in [2.24, 2.45) is 5.92 Å². The lowest BCUT2D eigenvalue weighted by molar-refractivity contribution is 0.374. The molecule has 132 valence electrons. The number of unbranched alkanes of at least 4 members (excludes halogenated alkanes) is 1. The molecule has 4 heteroatoms. The van der Waals surface area contributed by atoms with E-state index in [9.17, 15) is 4.39 Å². The van der Waals surface area contributed by atoms with Crippen LogP contribution in [-0.2, 0) is 0 Å². The van der Waals surface area contributed by atoms with Gasteiger partial charge in [0, 0.05) is 18.0 Å². The Kier molecular flexibility index (Phi) is 6.19. The molecule has 1 aromatic heterocycles. The zero-order chi connectivity index (χ0) is 17.6. The van der Waals surface area contributed by atoms with Crippen LogP contribution in [0.25, 0.3) is 11.4 Å². The number of allylic oxidation sites excluding steroid dienone is 2. The number of nitrogens with zero attached hydrogens (tertiary/aromatic N) is 2. The standard InChI is InChI=1S/C21H24ClFN2/c1-2-3-4-5-15-6-8-16(9-7-15)18-13-24-21(25-14-18)17-10-11-19(22)20(23)12-17/h4-5,10-16H,2-3,6-9H2,1H3/b5-4+/t15-,16-. The SMILES string of the molecule is CCC/C=C/[C@H]1CC[C@H](c2cnc(-c3ccc(Cl)c(F)c3)nc2)CC1. The fourth-order valence-electron chi connectivity index (χ4n) is 3.43. The first kappa shape index (κ1) is 18.1. The Morgan fingerprint density at radius 3 is 2.52 bits per heavy atom. The monoisotopic (exact) mass is 358 g/mol. The molecule has 1 fully saturated rings. The van der Waals surface area contributed by atoms with Crippen molar-refractivity contribution in [3.8, 4) is 11.4 Å². The predicted octanol–water partition coefficient (Wildman–Crippen LogP) is 6.57. The number of aromatic nitrogens is 2. The highest BCUT2D eigenvalue weighted by atomic mass is 35.5. The van der Waals surface area contributed by atoms with Gasteiger partial charge in [-0.1, -0.05) is 37.1 Å². The average Bonchev–Trinajstić information content (AvgIpc) is 2.65. The Balaban J connectivity index is 1.62. The third kappa shape index (κ3) is 4.66. The van der Waals surface area contributed by atoms with Crippen molar-refractivity contribution in [2.75, 3.05) is 0 Å². The van der Waals surface area contributed by atoms with Crippen LogP contribution in [0.1, 0.15) is 56.9 Å². The van der Waals surface area contributed by atoms with Gasteiger partial charge in [-0.2, -0.15) is 0 Å². The molecule has 1 aromatic carbocycles. The molecule has 1 saturated carbocycles. The van der Waals surface area contributed by atoms with Crippen molar-refractivity contribution in [3.05, 3.63) is 59.1 Å². The Morgan fingerprint density at radius 2 is 1.88 bits per heavy atom. The lowest BCUT2D eigenvalue weighted by atomic mass is 9.79. The molecule has 1 aliphatic carbocycles. The topological polar surface area (TPSA) is 25.8 Å². The highest BCUT2D eigenvalue weighted by Crippen LogP contribution is 2.36. The van der Waals surface area contributed by atoms with Crippen LogP contribution in [0.2, 0.25) is 5.02 Å². The third-order valence-corrected chi connectivity index (χ3v) is 5.26. The van der Waals surface area contributed by atoms with Gasteiger partial charge >= 0.3 is 0 Å². The maximum atomic E-state index is 13.6. The minimum absolute atomic E-state index is 0.116. The van der Waals surface area contributed by atoms with Crippen molar-refractivity contribution >= 4 is 11.6 Å². The zero-order valence-corrected chi connectivity index (χ0v) is 15.3. The maximum Gasteiger partial charge on any atom is 0.159 e. The second-order valence-electron chi connectivity index (χ2n) is 6.80. The smallest absolute Gasteiger partial charge is 0.159 e. The van der Waals surface area contributed by atoms with Crippen LogP contribution < -0.4 is 0 Å². The van der Waals surface area contributed by atoms with E-state index in [4.69, 9.17) is 11.6 Å². The summed E-state index contributed by atoms with van der Waals surface area (Å²) in [5.74, 6) is 1.35. The minimum atomic E-state index is -0.443. The Hall–Kier alpha value is -1.74. The normalized spacial score (nSPS) is 20.9. The molecule has 0 spiro atoms. The molecule has 0 radical (unpaired) electrons. The fraction of sp³-hybridized carbons (Fsp3) is 0.429. The van der Waals surface area contributed by atoms with Crippen LogP contribution in [-0.4, -0.2) is 9.97 Å². The maximum absolute atomic E-state index is 13.6. The van der Waals surface area contributed by atoms with E-state index < -0.39 is 5.82 Å². The second-order valence-corrected chi connectivity index (χ2v) is 7.20. The van der Waals surface area contributed by atoms with Crippen molar-refractivity contribution < 1.29 is 4.39 Å². The molecule has 1 aliphatic rings. The molecule has 1 heterocycles. The first-order valence-corrected chi connectivity index (χ1v) is 9.49. The van der Waals surface area contributed by atoms with Crippen LogP contribution in [0.15, 0.2) is 42.7 Å². The van der Waals surface area contributed by atoms with Gasteiger partial charge in [-0.05, 0) is 67.7 Å². The van der Waals surface area contributed by atoms with Crippen LogP contribution in [0, 0.1) is 11.7 Å². The Bertz CT molecular complexity index is 719. The molecular weight excluding hydrogens is 335 g/mol. The van der Waals surface area contributed by atoms with E-state index in [1.165, 1.54) is 56.2 Å². The summed E-state index contributed by atoms with van der Waals surface area (Å²) in [6.07, 6.45) is 15.7. The highest BCUT2D eigenvalue weighted by molar-refractivity contribution is 6.30. The molecular formula is C21H24ClFN2. The molecule has 0 unspecified atom stereocenters. The van der Waals surface area contributed by atoms with E-state index in [-0.39, 0.29) is 5.02 Å². The summed E-state index contributed by atoms with van der Waals surface area (Å²) in [4.78, 5) is 8.88. The van der Waals surface area contributed by atoms with E-state index in [2.05, 4.69) is 29.0 Å². The summed E-state index contributed by atoms with van der Waals surface area (Å²) in [5, 5.41) is 0.116. The number of rotatable bonds is 5. The van der Waals surface area contributed by atoms with Crippen molar-refractivity contribution in [2.45, 2.75) is 51.4 Å². The summed E-state index contributed by atoms with van der Waals surface area (Å²) in [5.41, 5.74) is 1.84. The van der Waals surface area contributed by atoms with Gasteiger partial charge in [0.05, 0.1) is 5.02 Å². The molecule has 0 aliphatic heterocycles. The number of benzene rings is 1. The Morgan fingerprint density at radius 1 is 1.16 bits per heavy atom. The van der Waals surface area contributed by atoms with Gasteiger partial charge in [0.25, 0.3) is 0 Å². The quantitative estimate of drug-likeness (QED) is 0.565. The van der Waals surface area contributed by atoms with Crippen molar-refractivity contribution in [3.63, 3.8) is 0 Å². The van der Waals surface area contributed by atoms with Crippen LogP contribution in [0.4, 0.5) is 4.39 Å². The van der Waals surface area contributed by atoms with E-state index in [1.807, 2.05) is 12.4 Å². The number of hydrogen-bond acceptors (Lipinski definition) is 2. The first-order chi connectivity index (χ1) is 12.2. The molecule has 0 bridgehead atoms. The Labute approximate surface area is 154 Å². The van der Waals surface area contributed by atoms with Gasteiger partial charge in [0.1, 0.15) is 5.82 Å². The van der Waals surface area contributed by atoms with Crippen LogP contribution >= 0.6 is 11.6 Å². The molecule has 0 amide bonds. The van der Waals surface area contributed by atoms with Gasteiger partial charge < -0.3 is 0 Å². The summed E-state index contributed by atoms with van der Waals surface area (Å²) in [7, 11) is 0. The van der Waals surface area contributed by atoms with E-state index in [0.717, 1.165) is 5.92 Å². The van der Waals surface area contributed by atoms with Crippen LogP contribution in [0.5, 0.6) is 0 Å². The van der Waals surface area contributed by atoms with E-state index in [0.29, 0.717) is 17.3 Å². The highest BCUT2D eigenvalue weighted by Gasteiger charge is 2.21. The molecule has 3 rings (SSSR count). The third-order valence-electron chi connectivity index (χ3n) is 4.96. The van der Waals surface area contributed by atoms with Crippen LogP contribution in [0.3, 0.4) is 0 Å². The van der Waals surface area contributed by atoms with Gasteiger partial charge in [0.15, 0.2) is 5.82 Å². The van der Waals surface area contributed by atoms with E-state index in [1.54, 1.807) is 6.07 Å². The van der Waals surface area contributed by atoms with Gasteiger partial charge in [0.2, 0.25) is 0 Å². The van der Waals surface area contributed by atoms with Gasteiger partial charge in [-0.15, -0.1) is 0 Å². The lowest BCUT2D eigenvalue weighted by Crippen LogP contribution is -2.12. The van der Waals surface area contributed by atoms with Crippen molar-refractivity contribution in [1.82, 2.24) is 9.97 Å². The minimum Gasteiger partial charge on any atom is -0.236 e. The van der Waals surface area contributed by atoms with Gasteiger partial charge in [-0.25, -0.2) is 14.4 Å².